The molecule has 5 nitrogen and oxygen atoms in total. The first-order chi connectivity index (χ1) is 12.1. The van der Waals surface area contributed by atoms with Crippen LogP contribution in [0.3, 0.4) is 0 Å². The molecule has 1 N–H and O–H groups in total. The maximum Gasteiger partial charge on any atom is 0.269 e. The number of carbonyl (C=O) groups excluding carboxylic acids is 1. The van der Waals surface area contributed by atoms with Crippen LogP contribution in [0.5, 0.6) is 5.75 Å². The summed E-state index contributed by atoms with van der Waals surface area (Å²) in [5.41, 5.74) is 1.63. The molecule has 0 atom stereocenters. The molecule has 2 aromatic rings. The first-order valence-electron chi connectivity index (χ1n) is 8.23. The second-order valence-corrected chi connectivity index (χ2v) is 5.41. The first kappa shape index (κ1) is 18.5. The number of aromatic nitrogens is 2. The van der Waals surface area contributed by atoms with Crippen LogP contribution < -0.4 is 10.1 Å². The summed E-state index contributed by atoms with van der Waals surface area (Å²) in [6, 6.07) is 6.58. The fraction of sp³-hybridized carbons (Fsp3) is 0.368. The zero-order valence-electron chi connectivity index (χ0n) is 14.7. The summed E-state index contributed by atoms with van der Waals surface area (Å²) < 4.78 is 21.3. The van der Waals surface area contributed by atoms with Gasteiger partial charge in [-0.15, -0.1) is 5.92 Å². The Balaban J connectivity index is 2.02. The van der Waals surface area contributed by atoms with Gasteiger partial charge in [0.1, 0.15) is 12.3 Å². The van der Waals surface area contributed by atoms with Gasteiger partial charge in [0.05, 0.1) is 5.69 Å². The van der Waals surface area contributed by atoms with Crippen LogP contribution >= 0.6 is 0 Å². The van der Waals surface area contributed by atoms with E-state index in [2.05, 4.69) is 22.3 Å². The highest BCUT2D eigenvalue weighted by Gasteiger charge is 2.14. The van der Waals surface area contributed by atoms with E-state index in [-0.39, 0.29) is 24.8 Å². The van der Waals surface area contributed by atoms with Crippen LogP contribution in [0.4, 0.5) is 4.39 Å². The molecule has 0 fully saturated rings. The Morgan fingerprint density at radius 2 is 2.16 bits per heavy atom. The number of benzene rings is 1. The van der Waals surface area contributed by atoms with Gasteiger partial charge >= 0.3 is 0 Å². The molecule has 0 spiro atoms. The smallest absolute Gasteiger partial charge is 0.269 e. The summed E-state index contributed by atoms with van der Waals surface area (Å²) in [5.74, 6) is 5.01. The van der Waals surface area contributed by atoms with E-state index in [0.717, 1.165) is 18.5 Å². The van der Waals surface area contributed by atoms with Crippen molar-refractivity contribution >= 4 is 5.91 Å². The van der Waals surface area contributed by atoms with Crippen molar-refractivity contribution in [2.24, 2.45) is 7.05 Å². The summed E-state index contributed by atoms with van der Waals surface area (Å²) in [6.45, 7) is 4.10. The standard InChI is InChI=1S/C19H22FN3O2/c1-4-6-7-11-25-17-10-8-9-14(18(17)20)13-21-19(24)16-12-15(5-2)22-23(16)3/h8-10,12H,4-5,11,13H2,1-3H3,(H,21,24). The van der Waals surface area contributed by atoms with Crippen molar-refractivity contribution in [3.05, 3.63) is 47.0 Å². The second-order valence-electron chi connectivity index (χ2n) is 5.41. The number of carbonyl (C=O) groups is 1. The normalized spacial score (nSPS) is 10.1. The first-order valence-corrected chi connectivity index (χ1v) is 8.23. The van der Waals surface area contributed by atoms with Gasteiger partial charge in [0.25, 0.3) is 5.91 Å². The average Bonchev–Trinajstić information content (AvgIpc) is 2.99. The van der Waals surface area contributed by atoms with E-state index in [1.807, 2.05) is 13.8 Å². The Morgan fingerprint density at radius 1 is 1.36 bits per heavy atom. The Kier molecular flexibility index (Phi) is 6.58. The Hall–Kier alpha value is -2.81. The largest absolute Gasteiger partial charge is 0.478 e. The van der Waals surface area contributed by atoms with Crippen molar-refractivity contribution in [1.82, 2.24) is 15.1 Å². The van der Waals surface area contributed by atoms with Gasteiger partial charge < -0.3 is 10.1 Å². The van der Waals surface area contributed by atoms with Crippen LogP contribution in [0, 0.1) is 17.7 Å². The number of aryl methyl sites for hydroxylation is 2. The van der Waals surface area contributed by atoms with Gasteiger partial charge in [-0.2, -0.15) is 5.10 Å². The quantitative estimate of drug-likeness (QED) is 0.821. The van der Waals surface area contributed by atoms with E-state index in [0.29, 0.717) is 11.3 Å². The van der Waals surface area contributed by atoms with Gasteiger partial charge in [0, 0.05) is 25.6 Å². The molecule has 1 amide bonds. The summed E-state index contributed by atoms with van der Waals surface area (Å²) in [5, 5.41) is 6.95. The molecule has 0 saturated heterocycles. The van der Waals surface area contributed by atoms with E-state index >= 15 is 0 Å². The van der Waals surface area contributed by atoms with Gasteiger partial charge in [-0.05, 0) is 18.6 Å². The van der Waals surface area contributed by atoms with Crippen molar-refractivity contribution < 1.29 is 13.9 Å². The van der Waals surface area contributed by atoms with Crippen LogP contribution in [0.1, 0.15) is 42.0 Å². The number of hydrogen-bond donors (Lipinski definition) is 1. The lowest BCUT2D eigenvalue weighted by Gasteiger charge is -2.09. The Bertz CT molecular complexity index is 803. The van der Waals surface area contributed by atoms with Gasteiger partial charge in [-0.3, -0.25) is 9.48 Å². The highest BCUT2D eigenvalue weighted by Crippen LogP contribution is 2.20. The number of hydrogen-bond acceptors (Lipinski definition) is 3. The lowest BCUT2D eigenvalue weighted by molar-refractivity contribution is 0.0941. The van der Waals surface area contributed by atoms with Gasteiger partial charge in [-0.25, -0.2) is 4.39 Å². The van der Waals surface area contributed by atoms with Crippen molar-refractivity contribution in [3.63, 3.8) is 0 Å². The molecule has 0 saturated carbocycles. The van der Waals surface area contributed by atoms with Crippen molar-refractivity contribution in [2.75, 3.05) is 6.61 Å². The zero-order chi connectivity index (χ0) is 18.2. The molecular weight excluding hydrogens is 321 g/mol. The highest BCUT2D eigenvalue weighted by atomic mass is 19.1. The number of ether oxygens (including phenoxy) is 1. The van der Waals surface area contributed by atoms with Crippen molar-refractivity contribution in [3.8, 4) is 17.6 Å². The van der Waals surface area contributed by atoms with Crippen LogP contribution in [0.2, 0.25) is 0 Å². The van der Waals surface area contributed by atoms with Gasteiger partial charge in [-0.1, -0.05) is 31.9 Å². The number of nitrogens with zero attached hydrogens (tertiary/aromatic N) is 2. The molecule has 132 valence electrons. The fourth-order valence-electron chi connectivity index (χ4n) is 2.27. The minimum absolute atomic E-state index is 0.0646. The SMILES string of the molecule is CCC#CCOc1cccc(CNC(=O)c2cc(CC)nn2C)c1F. The molecule has 1 aromatic carbocycles. The molecule has 0 aliphatic carbocycles. The average molecular weight is 343 g/mol. The Morgan fingerprint density at radius 3 is 2.84 bits per heavy atom. The highest BCUT2D eigenvalue weighted by molar-refractivity contribution is 5.92. The minimum atomic E-state index is -0.486. The zero-order valence-corrected chi connectivity index (χ0v) is 14.7. The molecule has 0 unspecified atom stereocenters. The second kappa shape index (κ2) is 8.88. The van der Waals surface area contributed by atoms with E-state index in [1.54, 1.807) is 31.3 Å². The molecule has 0 bridgehead atoms. The molecule has 25 heavy (non-hydrogen) atoms. The van der Waals surface area contributed by atoms with Crippen LogP contribution in [-0.2, 0) is 20.0 Å². The lowest BCUT2D eigenvalue weighted by atomic mass is 10.2. The molecular formula is C19H22FN3O2. The molecule has 0 radical (unpaired) electrons. The number of amides is 1. The topological polar surface area (TPSA) is 56.1 Å². The summed E-state index contributed by atoms with van der Waals surface area (Å²) in [7, 11) is 1.71. The molecule has 0 aliphatic rings. The van der Waals surface area contributed by atoms with E-state index < -0.39 is 5.82 Å². The summed E-state index contributed by atoms with van der Waals surface area (Å²) in [4.78, 5) is 12.3. The summed E-state index contributed by atoms with van der Waals surface area (Å²) >= 11 is 0. The number of halogens is 1. The molecule has 0 aliphatic heterocycles. The molecule has 2 rings (SSSR count). The van der Waals surface area contributed by atoms with Crippen LogP contribution in [0.25, 0.3) is 0 Å². The third-order valence-corrected chi connectivity index (χ3v) is 3.61. The third-order valence-electron chi connectivity index (χ3n) is 3.61. The maximum absolute atomic E-state index is 14.4. The van der Waals surface area contributed by atoms with Crippen LogP contribution in [0.15, 0.2) is 24.3 Å². The molecule has 1 aromatic heterocycles. The van der Waals surface area contributed by atoms with Crippen molar-refractivity contribution in [2.45, 2.75) is 33.2 Å². The predicted molar refractivity (Wildman–Crippen MR) is 93.7 cm³/mol. The third kappa shape index (κ3) is 4.83. The minimum Gasteiger partial charge on any atom is -0.478 e. The number of nitrogens with one attached hydrogen (secondary N) is 1. The van der Waals surface area contributed by atoms with Crippen molar-refractivity contribution in [1.29, 1.82) is 0 Å². The monoisotopic (exact) mass is 343 g/mol. The van der Waals surface area contributed by atoms with Crippen LogP contribution in [-0.4, -0.2) is 22.3 Å². The van der Waals surface area contributed by atoms with E-state index in [9.17, 15) is 9.18 Å². The van der Waals surface area contributed by atoms with E-state index in [1.165, 1.54) is 4.68 Å². The van der Waals surface area contributed by atoms with E-state index in [4.69, 9.17) is 4.74 Å². The van der Waals surface area contributed by atoms with Gasteiger partial charge in [0.2, 0.25) is 0 Å². The predicted octanol–water partition coefficient (Wildman–Crippen LogP) is 2.84. The van der Waals surface area contributed by atoms with Gasteiger partial charge in [0.15, 0.2) is 11.6 Å². The molecule has 1 heterocycles. The Labute approximate surface area is 147 Å². The fourth-order valence-corrected chi connectivity index (χ4v) is 2.27. The lowest BCUT2D eigenvalue weighted by Crippen LogP contribution is -2.25. The maximum atomic E-state index is 14.4. The number of rotatable bonds is 6. The molecule has 6 heteroatoms. The summed E-state index contributed by atoms with van der Waals surface area (Å²) in [6.07, 6.45) is 1.47.